The predicted molar refractivity (Wildman–Crippen MR) is 63.7 cm³/mol. The fraction of sp³-hybridized carbons (Fsp3) is 0.833. The Balaban J connectivity index is 1.88. The lowest BCUT2D eigenvalue weighted by molar-refractivity contribution is 0.0130. The highest BCUT2D eigenvalue weighted by Gasteiger charge is 2.19. The molecule has 1 fully saturated rings. The summed E-state index contributed by atoms with van der Waals surface area (Å²) in [4.78, 5) is 0. The summed E-state index contributed by atoms with van der Waals surface area (Å²) in [5.41, 5.74) is 0. The van der Waals surface area contributed by atoms with Gasteiger partial charge in [0.05, 0.1) is 18.6 Å². The van der Waals surface area contributed by atoms with Crippen molar-refractivity contribution in [2.75, 3.05) is 13.2 Å². The molecule has 1 N–H and O–H groups in total. The molecule has 2 rings (SSSR count). The molecule has 5 nitrogen and oxygen atoms in total. The van der Waals surface area contributed by atoms with Crippen molar-refractivity contribution in [3.63, 3.8) is 0 Å². The van der Waals surface area contributed by atoms with Crippen LogP contribution in [0.3, 0.4) is 0 Å². The van der Waals surface area contributed by atoms with Gasteiger partial charge in [-0.2, -0.15) is 0 Å². The standard InChI is InChI=1S/C12H21N3O2/c1-3-13-9(2)12-15-14-11(17-12)8-10-6-4-5-7-16-10/h9-10,13H,3-8H2,1-2H3. The summed E-state index contributed by atoms with van der Waals surface area (Å²) < 4.78 is 11.3. The Hall–Kier alpha value is -0.940. The summed E-state index contributed by atoms with van der Waals surface area (Å²) in [6.45, 7) is 5.84. The zero-order valence-corrected chi connectivity index (χ0v) is 10.6. The topological polar surface area (TPSA) is 60.2 Å². The molecular weight excluding hydrogens is 218 g/mol. The van der Waals surface area contributed by atoms with Crippen molar-refractivity contribution >= 4 is 0 Å². The largest absolute Gasteiger partial charge is 0.423 e. The maximum absolute atomic E-state index is 5.66. The predicted octanol–water partition coefficient (Wildman–Crippen LogP) is 1.85. The van der Waals surface area contributed by atoms with Crippen molar-refractivity contribution in [2.45, 2.75) is 51.7 Å². The molecule has 0 aromatic carbocycles. The second kappa shape index (κ2) is 6.12. The van der Waals surface area contributed by atoms with E-state index in [4.69, 9.17) is 9.15 Å². The van der Waals surface area contributed by atoms with Crippen LogP contribution >= 0.6 is 0 Å². The van der Waals surface area contributed by atoms with Crippen LogP contribution in [0.15, 0.2) is 4.42 Å². The Kier molecular flexibility index (Phi) is 4.50. The highest BCUT2D eigenvalue weighted by molar-refractivity contribution is 4.89. The van der Waals surface area contributed by atoms with Crippen molar-refractivity contribution in [3.8, 4) is 0 Å². The van der Waals surface area contributed by atoms with E-state index in [2.05, 4.69) is 22.4 Å². The molecule has 0 saturated carbocycles. The molecule has 0 radical (unpaired) electrons. The fourth-order valence-corrected chi connectivity index (χ4v) is 2.08. The smallest absolute Gasteiger partial charge is 0.233 e. The second-order valence-corrected chi connectivity index (χ2v) is 4.51. The maximum Gasteiger partial charge on any atom is 0.233 e. The Morgan fingerprint density at radius 3 is 3.00 bits per heavy atom. The zero-order chi connectivity index (χ0) is 12.1. The van der Waals surface area contributed by atoms with E-state index in [1.54, 1.807) is 0 Å². The Morgan fingerprint density at radius 2 is 2.29 bits per heavy atom. The average molecular weight is 239 g/mol. The quantitative estimate of drug-likeness (QED) is 0.849. The highest BCUT2D eigenvalue weighted by atomic mass is 16.5. The van der Waals surface area contributed by atoms with E-state index in [-0.39, 0.29) is 12.1 Å². The molecule has 0 aliphatic carbocycles. The molecule has 2 unspecified atom stereocenters. The van der Waals surface area contributed by atoms with E-state index in [9.17, 15) is 0 Å². The first kappa shape index (κ1) is 12.5. The summed E-state index contributed by atoms with van der Waals surface area (Å²) in [5, 5.41) is 11.4. The van der Waals surface area contributed by atoms with Crippen LogP contribution in [-0.4, -0.2) is 29.5 Å². The fourth-order valence-electron chi connectivity index (χ4n) is 2.08. The normalized spacial score (nSPS) is 22.6. The van der Waals surface area contributed by atoms with Crippen LogP contribution in [0.1, 0.15) is 50.9 Å². The molecule has 96 valence electrons. The SMILES string of the molecule is CCNC(C)c1nnc(CC2CCCCO2)o1. The monoisotopic (exact) mass is 239 g/mol. The lowest BCUT2D eigenvalue weighted by Crippen LogP contribution is -2.21. The van der Waals surface area contributed by atoms with Crippen molar-refractivity contribution < 1.29 is 9.15 Å². The van der Waals surface area contributed by atoms with Crippen molar-refractivity contribution in [2.24, 2.45) is 0 Å². The maximum atomic E-state index is 5.66. The minimum Gasteiger partial charge on any atom is -0.423 e. The van der Waals surface area contributed by atoms with E-state index in [1.165, 1.54) is 12.8 Å². The molecule has 17 heavy (non-hydrogen) atoms. The van der Waals surface area contributed by atoms with Gasteiger partial charge >= 0.3 is 0 Å². The van der Waals surface area contributed by atoms with E-state index in [0.717, 1.165) is 26.0 Å². The third-order valence-electron chi connectivity index (χ3n) is 3.04. The molecule has 1 aromatic rings. The number of hydrogen-bond acceptors (Lipinski definition) is 5. The van der Waals surface area contributed by atoms with Gasteiger partial charge in [0.2, 0.25) is 11.8 Å². The Bertz CT molecular complexity index is 334. The van der Waals surface area contributed by atoms with Crippen LogP contribution in [0.4, 0.5) is 0 Å². The first-order valence-electron chi connectivity index (χ1n) is 6.47. The third-order valence-corrected chi connectivity index (χ3v) is 3.04. The molecular formula is C12H21N3O2. The first-order chi connectivity index (χ1) is 8.29. The summed E-state index contributed by atoms with van der Waals surface area (Å²) in [6, 6.07) is 0.119. The van der Waals surface area contributed by atoms with E-state index in [0.29, 0.717) is 11.8 Å². The van der Waals surface area contributed by atoms with Crippen LogP contribution < -0.4 is 5.32 Å². The van der Waals surface area contributed by atoms with Gasteiger partial charge in [0.1, 0.15) is 0 Å². The number of rotatable bonds is 5. The molecule has 1 saturated heterocycles. The first-order valence-corrected chi connectivity index (χ1v) is 6.47. The van der Waals surface area contributed by atoms with Crippen LogP contribution in [0, 0.1) is 0 Å². The zero-order valence-electron chi connectivity index (χ0n) is 10.6. The van der Waals surface area contributed by atoms with Crippen LogP contribution in [0.2, 0.25) is 0 Å². The number of ether oxygens (including phenoxy) is 1. The molecule has 1 aliphatic rings. The minimum absolute atomic E-state index is 0.119. The van der Waals surface area contributed by atoms with E-state index >= 15 is 0 Å². The average Bonchev–Trinajstić information content (AvgIpc) is 2.79. The van der Waals surface area contributed by atoms with Crippen molar-refractivity contribution in [1.82, 2.24) is 15.5 Å². The van der Waals surface area contributed by atoms with Crippen LogP contribution in [0.25, 0.3) is 0 Å². The van der Waals surface area contributed by atoms with Crippen molar-refractivity contribution in [3.05, 3.63) is 11.8 Å². The van der Waals surface area contributed by atoms with Gasteiger partial charge in [0.15, 0.2) is 0 Å². The summed E-state index contributed by atoms with van der Waals surface area (Å²) in [7, 11) is 0. The number of nitrogens with one attached hydrogen (secondary N) is 1. The number of hydrogen-bond donors (Lipinski definition) is 1. The second-order valence-electron chi connectivity index (χ2n) is 4.51. The molecule has 1 aromatic heterocycles. The van der Waals surface area contributed by atoms with E-state index in [1.807, 2.05) is 6.92 Å². The molecule has 1 aliphatic heterocycles. The molecule has 0 bridgehead atoms. The van der Waals surface area contributed by atoms with Crippen LogP contribution in [0.5, 0.6) is 0 Å². The number of nitrogens with zero attached hydrogens (tertiary/aromatic N) is 2. The van der Waals surface area contributed by atoms with Crippen molar-refractivity contribution in [1.29, 1.82) is 0 Å². The van der Waals surface area contributed by atoms with Gasteiger partial charge in [-0.05, 0) is 32.7 Å². The third kappa shape index (κ3) is 3.51. The lowest BCUT2D eigenvalue weighted by Gasteiger charge is -2.20. The Morgan fingerprint density at radius 1 is 1.41 bits per heavy atom. The molecule has 0 amide bonds. The van der Waals surface area contributed by atoms with Gasteiger partial charge in [0.25, 0.3) is 0 Å². The van der Waals surface area contributed by atoms with Gasteiger partial charge in [-0.3, -0.25) is 0 Å². The summed E-state index contributed by atoms with van der Waals surface area (Å²) in [6.07, 6.45) is 4.50. The molecule has 2 atom stereocenters. The lowest BCUT2D eigenvalue weighted by atomic mass is 10.1. The van der Waals surface area contributed by atoms with Gasteiger partial charge < -0.3 is 14.5 Å². The van der Waals surface area contributed by atoms with Gasteiger partial charge in [0, 0.05) is 6.61 Å². The minimum atomic E-state index is 0.119. The summed E-state index contributed by atoms with van der Waals surface area (Å²) >= 11 is 0. The van der Waals surface area contributed by atoms with E-state index < -0.39 is 0 Å². The highest BCUT2D eigenvalue weighted by Crippen LogP contribution is 2.18. The Labute approximate surface area is 102 Å². The van der Waals surface area contributed by atoms with Gasteiger partial charge in [-0.15, -0.1) is 10.2 Å². The summed E-state index contributed by atoms with van der Waals surface area (Å²) in [5.74, 6) is 1.36. The number of aromatic nitrogens is 2. The molecule has 2 heterocycles. The molecule has 5 heteroatoms. The van der Waals surface area contributed by atoms with Crippen LogP contribution in [-0.2, 0) is 11.2 Å². The molecule has 0 spiro atoms. The van der Waals surface area contributed by atoms with Gasteiger partial charge in [-0.1, -0.05) is 6.92 Å². The van der Waals surface area contributed by atoms with Gasteiger partial charge in [-0.25, -0.2) is 0 Å².